The van der Waals surface area contributed by atoms with Gasteiger partial charge in [0.25, 0.3) is 0 Å². The summed E-state index contributed by atoms with van der Waals surface area (Å²) in [6.07, 6.45) is 0. The molecule has 0 saturated carbocycles. The molecule has 0 bridgehead atoms. The number of hydrogen-bond acceptors (Lipinski definition) is 5. The van der Waals surface area contributed by atoms with Crippen LogP contribution in [0.2, 0.25) is 0 Å². The minimum atomic E-state index is 0.385. The summed E-state index contributed by atoms with van der Waals surface area (Å²) >= 11 is 1.63. The van der Waals surface area contributed by atoms with Gasteiger partial charge < -0.3 is 14.2 Å². The summed E-state index contributed by atoms with van der Waals surface area (Å²) in [5.41, 5.74) is 0.994. The molecule has 3 aromatic rings. The molecule has 0 unspecified atom stereocenters. The largest absolute Gasteiger partial charge is 0.493 e. The first-order valence-electron chi connectivity index (χ1n) is 6.50. The Hall–Kier alpha value is -2.27. The second-order valence-corrected chi connectivity index (χ2v) is 5.47. The van der Waals surface area contributed by atoms with Gasteiger partial charge in [-0.1, -0.05) is 18.2 Å². The Bertz CT molecular complexity index is 699. The van der Waals surface area contributed by atoms with E-state index in [9.17, 15) is 0 Å². The fourth-order valence-electron chi connectivity index (χ4n) is 2.08. The lowest BCUT2D eigenvalue weighted by molar-refractivity contribution is 0.265. The molecule has 0 spiro atoms. The molecule has 0 saturated heterocycles. The van der Waals surface area contributed by atoms with E-state index >= 15 is 0 Å². The van der Waals surface area contributed by atoms with Crippen LogP contribution in [0.25, 0.3) is 10.2 Å². The fourth-order valence-corrected chi connectivity index (χ4v) is 2.96. The van der Waals surface area contributed by atoms with Crippen molar-refractivity contribution >= 4 is 21.6 Å². The zero-order valence-corrected chi connectivity index (χ0v) is 12.6. The molecule has 0 atom stereocenters. The Morgan fingerprint density at radius 3 is 2.33 bits per heavy atom. The van der Waals surface area contributed by atoms with Crippen molar-refractivity contribution in [1.82, 2.24) is 4.98 Å². The molecule has 21 heavy (non-hydrogen) atoms. The normalized spacial score (nSPS) is 10.6. The summed E-state index contributed by atoms with van der Waals surface area (Å²) in [6.45, 7) is 0.385. The van der Waals surface area contributed by atoms with Crippen LogP contribution in [0.4, 0.5) is 0 Å². The van der Waals surface area contributed by atoms with Gasteiger partial charge in [-0.2, -0.15) is 0 Å². The van der Waals surface area contributed by atoms with E-state index in [2.05, 4.69) is 11.1 Å². The van der Waals surface area contributed by atoms with Gasteiger partial charge in [0.15, 0.2) is 11.5 Å². The fraction of sp³-hybridized carbons (Fsp3) is 0.188. The third kappa shape index (κ3) is 2.78. The zero-order chi connectivity index (χ0) is 14.7. The van der Waals surface area contributed by atoms with Crippen molar-refractivity contribution in [3.8, 4) is 17.2 Å². The summed E-state index contributed by atoms with van der Waals surface area (Å²) in [7, 11) is 3.22. The van der Waals surface area contributed by atoms with E-state index < -0.39 is 0 Å². The van der Waals surface area contributed by atoms with Crippen molar-refractivity contribution < 1.29 is 14.2 Å². The van der Waals surface area contributed by atoms with Crippen LogP contribution in [0.1, 0.15) is 5.01 Å². The molecule has 0 amide bonds. The third-order valence-corrected chi connectivity index (χ3v) is 4.07. The topological polar surface area (TPSA) is 40.6 Å². The maximum Gasteiger partial charge on any atom is 0.203 e. The van der Waals surface area contributed by atoms with Gasteiger partial charge >= 0.3 is 0 Å². The molecule has 0 aliphatic heterocycles. The van der Waals surface area contributed by atoms with Crippen molar-refractivity contribution in [2.75, 3.05) is 14.2 Å². The third-order valence-electron chi connectivity index (χ3n) is 3.06. The lowest BCUT2D eigenvalue weighted by Gasteiger charge is -2.13. The van der Waals surface area contributed by atoms with Gasteiger partial charge in [-0.15, -0.1) is 11.3 Å². The quantitative estimate of drug-likeness (QED) is 0.717. The second-order valence-electron chi connectivity index (χ2n) is 4.36. The molecule has 0 N–H and O–H groups in total. The summed E-state index contributed by atoms with van der Waals surface area (Å²) in [6, 6.07) is 13.6. The highest BCUT2D eigenvalue weighted by molar-refractivity contribution is 7.18. The van der Waals surface area contributed by atoms with Gasteiger partial charge in [0, 0.05) is 0 Å². The van der Waals surface area contributed by atoms with Crippen LogP contribution in [0.5, 0.6) is 17.2 Å². The predicted octanol–water partition coefficient (Wildman–Crippen LogP) is 3.89. The number of nitrogens with zero attached hydrogens (tertiary/aromatic N) is 1. The van der Waals surface area contributed by atoms with E-state index in [-0.39, 0.29) is 0 Å². The number of fused-ring (bicyclic) bond motifs is 1. The summed E-state index contributed by atoms with van der Waals surface area (Å²) in [5, 5.41) is 0.921. The Morgan fingerprint density at radius 1 is 0.952 bits per heavy atom. The van der Waals surface area contributed by atoms with Gasteiger partial charge in [-0.05, 0) is 24.3 Å². The molecule has 4 nitrogen and oxygen atoms in total. The number of ether oxygens (including phenoxy) is 3. The first-order chi connectivity index (χ1) is 10.3. The van der Waals surface area contributed by atoms with Crippen LogP contribution >= 0.6 is 11.3 Å². The molecule has 108 valence electrons. The van der Waals surface area contributed by atoms with Crippen molar-refractivity contribution in [1.29, 1.82) is 0 Å². The van der Waals surface area contributed by atoms with Crippen LogP contribution in [-0.2, 0) is 6.61 Å². The Balaban J connectivity index is 1.84. The number of hydrogen-bond donors (Lipinski definition) is 0. The first kappa shape index (κ1) is 13.7. The molecule has 0 radical (unpaired) electrons. The predicted molar refractivity (Wildman–Crippen MR) is 83.5 cm³/mol. The van der Waals surface area contributed by atoms with Crippen molar-refractivity contribution in [2.24, 2.45) is 0 Å². The highest BCUT2D eigenvalue weighted by atomic mass is 32.1. The summed E-state index contributed by atoms with van der Waals surface area (Å²) in [4.78, 5) is 4.55. The number of rotatable bonds is 5. The van der Waals surface area contributed by atoms with Crippen molar-refractivity contribution in [3.05, 3.63) is 47.5 Å². The van der Waals surface area contributed by atoms with Gasteiger partial charge in [0.05, 0.1) is 24.4 Å². The molecule has 5 heteroatoms. The van der Waals surface area contributed by atoms with E-state index in [4.69, 9.17) is 14.2 Å². The Labute approximate surface area is 126 Å². The molecule has 0 aliphatic rings. The van der Waals surface area contributed by atoms with Gasteiger partial charge in [-0.25, -0.2) is 4.98 Å². The van der Waals surface area contributed by atoms with E-state index in [0.717, 1.165) is 15.2 Å². The number of para-hydroxylation sites is 2. The first-order valence-corrected chi connectivity index (χ1v) is 7.31. The average molecular weight is 301 g/mol. The zero-order valence-electron chi connectivity index (χ0n) is 11.8. The minimum Gasteiger partial charge on any atom is -0.493 e. The lowest BCUT2D eigenvalue weighted by Crippen LogP contribution is -1.99. The molecule has 3 rings (SSSR count). The Morgan fingerprint density at radius 2 is 1.67 bits per heavy atom. The van der Waals surface area contributed by atoms with Crippen LogP contribution in [0.3, 0.4) is 0 Å². The smallest absolute Gasteiger partial charge is 0.203 e. The van der Waals surface area contributed by atoms with E-state index in [1.807, 2.05) is 36.4 Å². The lowest BCUT2D eigenvalue weighted by atomic mass is 10.3. The molecule has 2 aromatic carbocycles. The maximum absolute atomic E-state index is 5.86. The van der Waals surface area contributed by atoms with Crippen molar-refractivity contribution in [2.45, 2.75) is 6.61 Å². The number of aromatic nitrogens is 1. The number of thiazole rings is 1. The Kier molecular flexibility index (Phi) is 3.92. The highest BCUT2D eigenvalue weighted by Gasteiger charge is 2.12. The molecule has 1 aromatic heterocycles. The summed E-state index contributed by atoms with van der Waals surface area (Å²) < 4.78 is 17.6. The number of methoxy groups -OCH3 is 2. The van der Waals surface area contributed by atoms with Gasteiger partial charge in [-0.3, -0.25) is 0 Å². The standard InChI is InChI=1S/C16H15NO3S/c1-18-12-7-5-8-13(19-2)16(12)20-10-15-17-11-6-3-4-9-14(11)21-15/h3-9H,10H2,1-2H3. The van der Waals surface area contributed by atoms with E-state index in [0.29, 0.717) is 23.9 Å². The van der Waals surface area contributed by atoms with E-state index in [1.165, 1.54) is 0 Å². The molecular weight excluding hydrogens is 286 g/mol. The van der Waals surface area contributed by atoms with Crippen LogP contribution in [0, 0.1) is 0 Å². The SMILES string of the molecule is COc1cccc(OC)c1OCc1nc2ccccc2s1. The van der Waals surface area contributed by atoms with Crippen LogP contribution in [0.15, 0.2) is 42.5 Å². The van der Waals surface area contributed by atoms with Gasteiger partial charge in [0.1, 0.15) is 11.6 Å². The molecule has 0 fully saturated rings. The highest BCUT2D eigenvalue weighted by Crippen LogP contribution is 2.37. The molecule has 1 heterocycles. The molecule has 0 aliphatic carbocycles. The molecular formula is C16H15NO3S. The number of benzene rings is 2. The summed E-state index contributed by atoms with van der Waals surface area (Å²) in [5.74, 6) is 1.90. The monoisotopic (exact) mass is 301 g/mol. The van der Waals surface area contributed by atoms with Crippen LogP contribution in [-0.4, -0.2) is 19.2 Å². The minimum absolute atomic E-state index is 0.385. The maximum atomic E-state index is 5.86. The van der Waals surface area contributed by atoms with E-state index in [1.54, 1.807) is 25.6 Å². The van der Waals surface area contributed by atoms with Gasteiger partial charge in [0.2, 0.25) is 5.75 Å². The van der Waals surface area contributed by atoms with Crippen LogP contribution < -0.4 is 14.2 Å². The van der Waals surface area contributed by atoms with Crippen molar-refractivity contribution in [3.63, 3.8) is 0 Å². The average Bonchev–Trinajstić information content (AvgIpc) is 2.95. The second kappa shape index (κ2) is 6.01.